The molecule has 1 aliphatic rings. The van der Waals surface area contributed by atoms with Crippen LogP contribution < -0.4 is 5.56 Å². The van der Waals surface area contributed by atoms with Crippen LogP contribution in [0.15, 0.2) is 53.5 Å². The average molecular weight is 389 g/mol. The Kier molecular flexibility index (Phi) is 5.22. The third kappa shape index (κ3) is 3.69. The van der Waals surface area contributed by atoms with E-state index >= 15 is 0 Å². The molecule has 2 atom stereocenters. The Labute approximate surface area is 171 Å². The number of hydrogen-bond acceptors (Lipinski definition) is 3. The summed E-state index contributed by atoms with van der Waals surface area (Å²) in [6.07, 6.45) is 4.75. The quantitative estimate of drug-likeness (QED) is 0.676. The van der Waals surface area contributed by atoms with Crippen LogP contribution in [0, 0.1) is 6.92 Å². The summed E-state index contributed by atoms with van der Waals surface area (Å²) in [5.41, 5.74) is 2.74. The molecule has 3 heterocycles. The minimum Gasteiger partial charge on any atom is -0.333 e. The summed E-state index contributed by atoms with van der Waals surface area (Å²) in [4.78, 5) is 33.2. The Hall–Kier alpha value is -2.95. The Morgan fingerprint density at radius 2 is 1.79 bits per heavy atom. The zero-order chi connectivity index (χ0) is 20.5. The molecule has 0 N–H and O–H groups in total. The number of aromatic nitrogens is 2. The molecular weight excluding hydrogens is 362 g/mol. The lowest BCUT2D eigenvalue weighted by molar-refractivity contribution is 0.0508. The van der Waals surface area contributed by atoms with Gasteiger partial charge in [-0.2, -0.15) is 0 Å². The molecule has 5 heteroatoms. The molecule has 3 aromatic rings. The van der Waals surface area contributed by atoms with E-state index < -0.39 is 0 Å². The molecule has 1 amide bonds. The van der Waals surface area contributed by atoms with Gasteiger partial charge in [-0.3, -0.25) is 14.2 Å². The minimum atomic E-state index is -0.272. The predicted octanol–water partition coefficient (Wildman–Crippen LogP) is 4.16. The number of hydrogen-bond donors (Lipinski definition) is 0. The number of aryl methyl sites for hydroxylation is 1. The van der Waals surface area contributed by atoms with Crippen LogP contribution in [0.2, 0.25) is 0 Å². The number of fused-ring (bicyclic) bond motifs is 1. The van der Waals surface area contributed by atoms with Crippen molar-refractivity contribution < 1.29 is 4.79 Å². The van der Waals surface area contributed by atoms with E-state index in [0.717, 1.165) is 30.2 Å². The molecule has 1 fully saturated rings. The first-order chi connectivity index (χ1) is 14.0. The van der Waals surface area contributed by atoms with Gasteiger partial charge in [0.25, 0.3) is 11.5 Å². The Bertz CT molecular complexity index is 1090. The number of carbonyl (C=O) groups is 1. The maximum atomic E-state index is 13.4. The topological polar surface area (TPSA) is 55.2 Å². The van der Waals surface area contributed by atoms with Gasteiger partial charge >= 0.3 is 0 Å². The predicted molar refractivity (Wildman–Crippen MR) is 115 cm³/mol. The highest BCUT2D eigenvalue weighted by molar-refractivity contribution is 5.97. The van der Waals surface area contributed by atoms with Gasteiger partial charge in [0, 0.05) is 23.7 Å². The molecule has 0 aliphatic carbocycles. The van der Waals surface area contributed by atoms with E-state index in [0.29, 0.717) is 12.2 Å². The molecule has 0 bridgehead atoms. The van der Waals surface area contributed by atoms with Crippen molar-refractivity contribution in [2.75, 3.05) is 0 Å². The molecule has 1 saturated heterocycles. The van der Waals surface area contributed by atoms with Crippen molar-refractivity contribution >= 4 is 16.9 Å². The third-order valence-electron chi connectivity index (χ3n) is 5.97. The largest absolute Gasteiger partial charge is 0.333 e. The van der Waals surface area contributed by atoms with Crippen LogP contribution in [0.4, 0.5) is 0 Å². The number of benzene rings is 1. The molecule has 4 rings (SSSR count). The first-order valence-corrected chi connectivity index (χ1v) is 10.3. The van der Waals surface area contributed by atoms with Gasteiger partial charge in [0.2, 0.25) is 0 Å². The number of pyridine rings is 2. The molecule has 2 aromatic heterocycles. The van der Waals surface area contributed by atoms with Gasteiger partial charge in [-0.05, 0) is 63.8 Å². The maximum Gasteiger partial charge on any atom is 0.265 e. The fraction of sp³-hybridized carbons (Fsp3) is 0.375. The second-order valence-corrected chi connectivity index (χ2v) is 8.19. The first kappa shape index (κ1) is 19.4. The van der Waals surface area contributed by atoms with Gasteiger partial charge in [0.15, 0.2) is 0 Å². The van der Waals surface area contributed by atoms with Gasteiger partial charge in [0.05, 0.1) is 6.54 Å². The summed E-state index contributed by atoms with van der Waals surface area (Å²) in [5, 5.41) is 0.805. The Morgan fingerprint density at radius 1 is 1.10 bits per heavy atom. The number of rotatable bonds is 3. The van der Waals surface area contributed by atoms with Gasteiger partial charge in [-0.15, -0.1) is 0 Å². The van der Waals surface area contributed by atoms with Gasteiger partial charge in [-0.1, -0.05) is 29.8 Å². The SMILES string of the molecule is Cc1ccc(Cn2c(=O)c(C(=O)N3C(C)CCCC3C)cc3cccnc32)cc1. The summed E-state index contributed by atoms with van der Waals surface area (Å²) in [7, 11) is 0. The molecule has 29 heavy (non-hydrogen) atoms. The molecule has 150 valence electrons. The van der Waals surface area contributed by atoms with Crippen molar-refractivity contribution in [1.82, 2.24) is 14.5 Å². The zero-order valence-electron chi connectivity index (χ0n) is 17.3. The van der Waals surface area contributed by atoms with Crippen molar-refractivity contribution in [3.63, 3.8) is 0 Å². The lowest BCUT2D eigenvalue weighted by Gasteiger charge is -2.39. The van der Waals surface area contributed by atoms with Crippen molar-refractivity contribution in [3.05, 3.63) is 75.7 Å². The molecule has 2 unspecified atom stereocenters. The highest BCUT2D eigenvalue weighted by Crippen LogP contribution is 2.25. The molecule has 0 radical (unpaired) electrons. The van der Waals surface area contributed by atoms with E-state index in [2.05, 4.69) is 18.8 Å². The van der Waals surface area contributed by atoms with Gasteiger partial charge in [-0.25, -0.2) is 4.98 Å². The number of likely N-dealkylation sites (tertiary alicyclic amines) is 1. The highest BCUT2D eigenvalue weighted by atomic mass is 16.2. The lowest BCUT2D eigenvalue weighted by Crippen LogP contribution is -2.49. The molecule has 1 aromatic carbocycles. The molecule has 5 nitrogen and oxygen atoms in total. The second-order valence-electron chi connectivity index (χ2n) is 8.19. The van der Waals surface area contributed by atoms with Crippen molar-refractivity contribution in [2.45, 2.75) is 58.7 Å². The maximum absolute atomic E-state index is 13.4. The van der Waals surface area contributed by atoms with E-state index in [1.807, 2.05) is 48.2 Å². The summed E-state index contributed by atoms with van der Waals surface area (Å²) in [5.74, 6) is -0.168. The molecule has 0 saturated carbocycles. The minimum absolute atomic E-state index is 0.140. The fourth-order valence-electron chi connectivity index (χ4n) is 4.34. The van der Waals surface area contributed by atoms with E-state index in [-0.39, 0.29) is 29.1 Å². The smallest absolute Gasteiger partial charge is 0.265 e. The van der Waals surface area contributed by atoms with Crippen molar-refractivity contribution in [3.8, 4) is 0 Å². The highest BCUT2D eigenvalue weighted by Gasteiger charge is 2.31. The Morgan fingerprint density at radius 3 is 2.48 bits per heavy atom. The van der Waals surface area contributed by atoms with Crippen LogP contribution in [0.5, 0.6) is 0 Å². The van der Waals surface area contributed by atoms with E-state index in [9.17, 15) is 9.59 Å². The standard InChI is InChI=1S/C24H27N3O2/c1-16-9-11-19(12-10-16)15-26-22-20(8-5-13-25-22)14-21(23(26)28)24(29)27-17(2)6-4-7-18(27)3/h5,8-14,17-18H,4,6-7,15H2,1-3H3. The van der Waals surface area contributed by atoms with E-state index in [4.69, 9.17) is 0 Å². The van der Waals surface area contributed by atoms with Crippen LogP contribution in [0.1, 0.15) is 54.6 Å². The number of amides is 1. The third-order valence-corrected chi connectivity index (χ3v) is 5.97. The van der Waals surface area contributed by atoms with Crippen LogP contribution in [-0.4, -0.2) is 32.4 Å². The van der Waals surface area contributed by atoms with E-state index in [1.54, 1.807) is 16.8 Å². The summed E-state index contributed by atoms with van der Waals surface area (Å²) in [6.45, 7) is 6.56. The summed E-state index contributed by atoms with van der Waals surface area (Å²) >= 11 is 0. The van der Waals surface area contributed by atoms with Crippen LogP contribution in [-0.2, 0) is 6.54 Å². The average Bonchev–Trinajstić information content (AvgIpc) is 2.71. The second kappa shape index (κ2) is 7.82. The van der Waals surface area contributed by atoms with Crippen LogP contribution in [0.3, 0.4) is 0 Å². The Balaban J connectivity index is 1.83. The molecule has 0 spiro atoms. The number of piperidine rings is 1. The van der Waals surface area contributed by atoms with Crippen molar-refractivity contribution in [2.24, 2.45) is 0 Å². The summed E-state index contributed by atoms with van der Waals surface area (Å²) in [6, 6.07) is 13.8. The van der Waals surface area contributed by atoms with Crippen molar-refractivity contribution in [1.29, 1.82) is 0 Å². The monoisotopic (exact) mass is 389 g/mol. The normalized spacial score (nSPS) is 19.5. The first-order valence-electron chi connectivity index (χ1n) is 10.3. The molecule has 1 aliphatic heterocycles. The lowest BCUT2D eigenvalue weighted by atomic mass is 9.96. The fourth-order valence-corrected chi connectivity index (χ4v) is 4.34. The van der Waals surface area contributed by atoms with Crippen LogP contribution in [0.25, 0.3) is 11.0 Å². The number of carbonyl (C=O) groups excluding carboxylic acids is 1. The zero-order valence-corrected chi connectivity index (χ0v) is 17.3. The number of nitrogens with zero attached hydrogens (tertiary/aromatic N) is 3. The summed E-state index contributed by atoms with van der Waals surface area (Å²) < 4.78 is 1.63. The van der Waals surface area contributed by atoms with E-state index in [1.165, 1.54) is 5.56 Å². The van der Waals surface area contributed by atoms with Crippen LogP contribution >= 0.6 is 0 Å². The van der Waals surface area contributed by atoms with Gasteiger partial charge in [0.1, 0.15) is 11.2 Å². The van der Waals surface area contributed by atoms with Gasteiger partial charge < -0.3 is 4.90 Å². The molecular formula is C24H27N3O2.